The topological polar surface area (TPSA) is 44.8 Å². The molecule has 4 heteroatoms. The van der Waals surface area contributed by atoms with Crippen molar-refractivity contribution in [3.63, 3.8) is 0 Å². The summed E-state index contributed by atoms with van der Waals surface area (Å²) in [5.74, 6) is 2.38. The Balaban J connectivity index is 1.75. The maximum absolute atomic E-state index is 4.61. The number of hydrogen-bond acceptors (Lipinski definition) is 3. The van der Waals surface area contributed by atoms with Crippen LogP contribution in [0.25, 0.3) is 11.2 Å². The quantitative estimate of drug-likeness (QED) is 0.901. The first-order valence-corrected chi connectivity index (χ1v) is 6.75. The van der Waals surface area contributed by atoms with E-state index in [4.69, 9.17) is 0 Å². The predicted octanol–water partition coefficient (Wildman–Crippen LogP) is 2.40. The van der Waals surface area contributed by atoms with E-state index in [9.17, 15) is 0 Å². The number of rotatable bonds is 3. The van der Waals surface area contributed by atoms with Crippen LogP contribution >= 0.6 is 0 Å². The lowest BCUT2D eigenvalue weighted by Crippen LogP contribution is -2.25. The monoisotopic (exact) mass is 244 g/mol. The number of imidazole rings is 1. The minimum absolute atomic E-state index is 0.540. The highest BCUT2D eigenvalue weighted by Gasteiger charge is 2.26. The van der Waals surface area contributed by atoms with Crippen molar-refractivity contribution in [2.24, 2.45) is 5.92 Å². The number of nitrogens with one attached hydrogen (secondary N) is 1. The first-order chi connectivity index (χ1) is 8.72. The Morgan fingerprint density at radius 2 is 2.39 bits per heavy atom. The average Bonchev–Trinajstić information content (AvgIpc) is 2.93. The second-order valence-electron chi connectivity index (χ2n) is 5.64. The van der Waals surface area contributed by atoms with Crippen LogP contribution in [0.4, 0.5) is 0 Å². The van der Waals surface area contributed by atoms with Gasteiger partial charge in [-0.1, -0.05) is 13.8 Å². The molecule has 1 fully saturated rings. The van der Waals surface area contributed by atoms with E-state index in [0.717, 1.165) is 29.5 Å². The number of pyridine rings is 1. The molecule has 0 saturated carbocycles. The van der Waals surface area contributed by atoms with Crippen LogP contribution in [0.3, 0.4) is 0 Å². The summed E-state index contributed by atoms with van der Waals surface area (Å²) in [5, 5.41) is 0. The largest absolute Gasteiger partial charge is 0.340 e. The van der Waals surface area contributed by atoms with E-state index in [1.54, 1.807) is 6.20 Å². The lowest BCUT2D eigenvalue weighted by molar-refractivity contribution is 0.294. The molecule has 0 aliphatic carbocycles. The summed E-state index contributed by atoms with van der Waals surface area (Å²) < 4.78 is 0. The third kappa shape index (κ3) is 2.25. The van der Waals surface area contributed by atoms with Gasteiger partial charge >= 0.3 is 0 Å². The standard InChI is InChI=1S/C14H20N4/c1-10(2)8-18-7-5-11(9-18)13-16-12-4-3-6-15-14(12)17-13/h3-4,6,10-11H,5,7-9H2,1-2H3,(H,15,16,17). The summed E-state index contributed by atoms with van der Waals surface area (Å²) in [6.07, 6.45) is 3.00. The summed E-state index contributed by atoms with van der Waals surface area (Å²) in [7, 11) is 0. The van der Waals surface area contributed by atoms with Gasteiger partial charge in [-0.2, -0.15) is 0 Å². The summed E-state index contributed by atoms with van der Waals surface area (Å²) in [5.41, 5.74) is 1.89. The molecule has 1 N–H and O–H groups in total. The van der Waals surface area contributed by atoms with Crippen LogP contribution in [-0.2, 0) is 0 Å². The number of fused-ring (bicyclic) bond motifs is 1. The zero-order chi connectivity index (χ0) is 12.5. The smallest absolute Gasteiger partial charge is 0.177 e. The van der Waals surface area contributed by atoms with Crippen LogP contribution in [0.5, 0.6) is 0 Å². The highest BCUT2D eigenvalue weighted by Crippen LogP contribution is 2.26. The highest BCUT2D eigenvalue weighted by molar-refractivity contribution is 5.70. The Labute approximate surface area is 107 Å². The number of aromatic nitrogens is 3. The molecule has 0 amide bonds. The van der Waals surface area contributed by atoms with E-state index in [0.29, 0.717) is 5.92 Å². The molecule has 1 atom stereocenters. The maximum Gasteiger partial charge on any atom is 0.177 e. The van der Waals surface area contributed by atoms with Crippen molar-refractivity contribution < 1.29 is 0 Å². The normalized spacial score (nSPS) is 21.2. The third-order valence-electron chi connectivity index (χ3n) is 3.56. The zero-order valence-electron chi connectivity index (χ0n) is 11.1. The summed E-state index contributed by atoms with van der Waals surface area (Å²) in [4.78, 5) is 14.8. The minimum Gasteiger partial charge on any atom is -0.340 e. The van der Waals surface area contributed by atoms with Crippen LogP contribution < -0.4 is 0 Å². The molecule has 0 spiro atoms. The molecule has 3 heterocycles. The molecule has 0 radical (unpaired) electrons. The second kappa shape index (κ2) is 4.69. The molecule has 2 aromatic heterocycles. The van der Waals surface area contributed by atoms with Gasteiger partial charge in [-0.05, 0) is 31.0 Å². The maximum atomic E-state index is 4.61. The lowest BCUT2D eigenvalue weighted by Gasteiger charge is -2.17. The molecule has 1 unspecified atom stereocenters. The molecule has 1 aliphatic rings. The van der Waals surface area contributed by atoms with E-state index in [2.05, 4.69) is 33.7 Å². The second-order valence-corrected chi connectivity index (χ2v) is 5.64. The fourth-order valence-electron chi connectivity index (χ4n) is 2.80. The van der Waals surface area contributed by atoms with Gasteiger partial charge in [0, 0.05) is 25.2 Å². The van der Waals surface area contributed by atoms with E-state index in [1.807, 2.05) is 12.1 Å². The van der Waals surface area contributed by atoms with Gasteiger partial charge in [0.15, 0.2) is 5.65 Å². The Bertz CT molecular complexity index is 498. The molecular weight excluding hydrogens is 224 g/mol. The average molecular weight is 244 g/mol. The molecule has 4 nitrogen and oxygen atoms in total. The first-order valence-electron chi connectivity index (χ1n) is 6.75. The van der Waals surface area contributed by atoms with Gasteiger partial charge in [-0.3, -0.25) is 0 Å². The number of H-pyrrole nitrogens is 1. The van der Waals surface area contributed by atoms with Gasteiger partial charge in [0.1, 0.15) is 5.82 Å². The third-order valence-corrected chi connectivity index (χ3v) is 3.56. The molecular formula is C14H20N4. The molecule has 3 rings (SSSR count). The fraction of sp³-hybridized carbons (Fsp3) is 0.571. The molecule has 96 valence electrons. The van der Waals surface area contributed by atoms with E-state index in [1.165, 1.54) is 19.5 Å². The van der Waals surface area contributed by atoms with Crippen molar-refractivity contribution >= 4 is 11.2 Å². The van der Waals surface area contributed by atoms with Crippen molar-refractivity contribution in [1.82, 2.24) is 19.9 Å². The van der Waals surface area contributed by atoms with Gasteiger partial charge < -0.3 is 9.88 Å². The zero-order valence-corrected chi connectivity index (χ0v) is 11.1. The van der Waals surface area contributed by atoms with E-state index in [-0.39, 0.29) is 0 Å². The number of hydrogen-bond donors (Lipinski definition) is 1. The Morgan fingerprint density at radius 3 is 3.17 bits per heavy atom. The molecule has 1 saturated heterocycles. The molecule has 2 aromatic rings. The van der Waals surface area contributed by atoms with Crippen molar-refractivity contribution in [3.8, 4) is 0 Å². The van der Waals surface area contributed by atoms with Crippen LogP contribution in [0.15, 0.2) is 18.3 Å². The van der Waals surface area contributed by atoms with E-state index < -0.39 is 0 Å². The number of likely N-dealkylation sites (tertiary alicyclic amines) is 1. The van der Waals surface area contributed by atoms with Crippen LogP contribution in [0.1, 0.15) is 32.0 Å². The van der Waals surface area contributed by atoms with Gasteiger partial charge in [-0.15, -0.1) is 0 Å². The van der Waals surface area contributed by atoms with E-state index >= 15 is 0 Å². The van der Waals surface area contributed by atoms with Crippen molar-refractivity contribution in [1.29, 1.82) is 0 Å². The Kier molecular flexibility index (Phi) is 3.04. The number of aromatic amines is 1. The van der Waals surface area contributed by atoms with Crippen LogP contribution in [-0.4, -0.2) is 39.5 Å². The molecule has 18 heavy (non-hydrogen) atoms. The van der Waals surface area contributed by atoms with Crippen molar-refractivity contribution in [2.45, 2.75) is 26.2 Å². The van der Waals surface area contributed by atoms with Crippen molar-refractivity contribution in [3.05, 3.63) is 24.2 Å². The highest BCUT2D eigenvalue weighted by atomic mass is 15.2. The Morgan fingerprint density at radius 1 is 1.50 bits per heavy atom. The van der Waals surface area contributed by atoms with Gasteiger partial charge in [0.2, 0.25) is 0 Å². The molecule has 0 bridgehead atoms. The van der Waals surface area contributed by atoms with Crippen LogP contribution in [0.2, 0.25) is 0 Å². The van der Waals surface area contributed by atoms with Crippen LogP contribution in [0, 0.1) is 5.92 Å². The minimum atomic E-state index is 0.540. The van der Waals surface area contributed by atoms with Gasteiger partial charge in [0.25, 0.3) is 0 Å². The van der Waals surface area contributed by atoms with Crippen molar-refractivity contribution in [2.75, 3.05) is 19.6 Å². The fourth-order valence-corrected chi connectivity index (χ4v) is 2.80. The summed E-state index contributed by atoms with van der Waals surface area (Å²) >= 11 is 0. The molecule has 0 aromatic carbocycles. The Hall–Kier alpha value is -1.42. The predicted molar refractivity (Wildman–Crippen MR) is 72.5 cm³/mol. The first kappa shape index (κ1) is 11.7. The SMILES string of the molecule is CC(C)CN1CCC(c2nc3ncccc3[nH]2)C1. The number of nitrogens with zero attached hydrogens (tertiary/aromatic N) is 3. The van der Waals surface area contributed by atoms with Gasteiger partial charge in [-0.25, -0.2) is 9.97 Å². The summed E-state index contributed by atoms with van der Waals surface area (Å²) in [6, 6.07) is 3.99. The molecule has 1 aliphatic heterocycles. The van der Waals surface area contributed by atoms with Gasteiger partial charge in [0.05, 0.1) is 5.52 Å². The lowest BCUT2D eigenvalue weighted by atomic mass is 10.1. The summed E-state index contributed by atoms with van der Waals surface area (Å²) in [6.45, 7) is 8.05.